The van der Waals surface area contributed by atoms with Crippen molar-refractivity contribution in [2.45, 2.75) is 13.8 Å². The molecular weight excluding hydrogens is 366 g/mol. The molecule has 0 saturated carbocycles. The van der Waals surface area contributed by atoms with Crippen molar-refractivity contribution < 1.29 is 25.4 Å². The van der Waals surface area contributed by atoms with Gasteiger partial charge in [0.2, 0.25) is 23.6 Å². The summed E-state index contributed by atoms with van der Waals surface area (Å²) in [7, 11) is 7.23. The van der Waals surface area contributed by atoms with Crippen molar-refractivity contribution in [3.8, 4) is 0 Å². The Labute approximate surface area is 168 Å². The summed E-state index contributed by atoms with van der Waals surface area (Å²) in [5.74, 6) is -1.92. The van der Waals surface area contributed by atoms with Crippen molar-refractivity contribution in [2.75, 3.05) is 68.0 Å². The van der Waals surface area contributed by atoms with Crippen LogP contribution in [0.1, 0.15) is 13.8 Å². The van der Waals surface area contributed by atoms with Crippen LogP contribution in [-0.4, -0.2) is 117 Å². The van der Waals surface area contributed by atoms with E-state index in [0.29, 0.717) is 0 Å². The maximum Gasteiger partial charge on any atom is 0.242 e. The van der Waals surface area contributed by atoms with Crippen LogP contribution in [0.4, 0.5) is 0 Å². The summed E-state index contributed by atoms with van der Waals surface area (Å²) in [5.41, 5.74) is 0. The molecule has 0 aliphatic rings. The van der Waals surface area contributed by atoms with Gasteiger partial charge in [-0.25, -0.2) is 0 Å². The predicted molar refractivity (Wildman–Crippen MR) is 104 cm³/mol. The zero-order valence-electron chi connectivity index (χ0n) is 18.9. The van der Waals surface area contributed by atoms with E-state index in [0.717, 1.165) is 5.31 Å². The minimum Gasteiger partial charge on any atom is -0.337 e. The van der Waals surface area contributed by atoms with Crippen LogP contribution >= 0.6 is 0 Å². The Balaban J connectivity index is 4.58. The first kappa shape index (κ1) is 23.5. The van der Waals surface area contributed by atoms with Gasteiger partial charge < -0.3 is 24.9 Å². The molecule has 0 spiro atoms. The molecule has 0 unspecified atom stereocenters. The smallest absolute Gasteiger partial charge is 0.242 e. The van der Waals surface area contributed by atoms with Gasteiger partial charge in [-0.2, -0.15) is 0 Å². The molecule has 0 aromatic carbocycles. The van der Waals surface area contributed by atoms with E-state index >= 15 is 0 Å². The maximum atomic E-state index is 12.3. The fourth-order valence-corrected chi connectivity index (χ4v) is 2.00. The lowest BCUT2D eigenvalue weighted by Gasteiger charge is -2.25. The van der Waals surface area contributed by atoms with Gasteiger partial charge in [0.05, 0.1) is 32.7 Å². The fraction of sp³-hybridized carbons (Fsp3) is 0.722. The Bertz CT molecular complexity index is 626. The molecule has 10 nitrogen and oxygen atoms in total. The molecule has 1 N–H and O–H groups in total. The van der Waals surface area contributed by atoms with Crippen LogP contribution in [0.2, 0.25) is 1.41 Å². The van der Waals surface area contributed by atoms with Crippen LogP contribution in [0.15, 0.2) is 0 Å². The number of likely N-dealkylation sites (N-methyl/N-ethyl adjacent to an activating group) is 5. The highest BCUT2D eigenvalue weighted by molar-refractivity contribution is 5.91. The number of carbonyl (C=O) groups is 5. The molecule has 160 valence electrons. The predicted octanol–water partition coefficient (Wildman–Crippen LogP) is -1.74. The minimum atomic E-state index is -0.447. The summed E-state index contributed by atoms with van der Waals surface area (Å²) in [6, 6.07) is 0. The van der Waals surface area contributed by atoms with Gasteiger partial charge in [-0.3, -0.25) is 24.0 Å². The second-order valence-corrected chi connectivity index (χ2v) is 7.09. The van der Waals surface area contributed by atoms with E-state index in [1.54, 1.807) is 13.8 Å². The molecule has 28 heavy (non-hydrogen) atoms. The topological polar surface area (TPSA) is 110 Å². The van der Waals surface area contributed by atoms with E-state index in [1.807, 2.05) is 0 Å². The van der Waals surface area contributed by atoms with Gasteiger partial charge in [0.1, 0.15) is 1.41 Å². The maximum absolute atomic E-state index is 12.3. The van der Waals surface area contributed by atoms with Gasteiger partial charge in [0, 0.05) is 34.1 Å². The lowest BCUT2D eigenvalue weighted by molar-refractivity contribution is -0.144. The summed E-state index contributed by atoms with van der Waals surface area (Å²) >= 11 is 0. The molecule has 0 atom stereocenters. The number of amides is 4. The molecular formula is C18H33N5O5. The number of hydrogen-bond donors (Lipinski definition) is 1. The van der Waals surface area contributed by atoms with Crippen LogP contribution in [-0.2, 0) is 24.0 Å². The monoisotopic (exact) mass is 400 g/mol. The van der Waals surface area contributed by atoms with Gasteiger partial charge in [0.15, 0.2) is 5.78 Å². The molecule has 0 saturated heterocycles. The van der Waals surface area contributed by atoms with E-state index in [4.69, 9.17) is 1.41 Å². The number of hydrogen-bond acceptors (Lipinski definition) is 6. The van der Waals surface area contributed by atoms with Crippen LogP contribution in [0, 0.1) is 5.92 Å². The number of Topliss-reactive ketones (excluding diaryl/α,β-unsaturated/α-hetero) is 1. The summed E-state index contributed by atoms with van der Waals surface area (Å²) in [5, 5.41) is 0.953. The van der Waals surface area contributed by atoms with Gasteiger partial charge in [-0.15, -0.1) is 0 Å². The average Bonchev–Trinajstić information content (AvgIpc) is 2.60. The lowest BCUT2D eigenvalue weighted by atomic mass is 10.1. The van der Waals surface area contributed by atoms with E-state index in [2.05, 4.69) is 0 Å². The highest BCUT2D eigenvalue weighted by atomic mass is 16.2. The zero-order valence-corrected chi connectivity index (χ0v) is 17.9. The van der Waals surface area contributed by atoms with E-state index < -0.39 is 17.7 Å². The van der Waals surface area contributed by atoms with Gasteiger partial charge >= 0.3 is 0 Å². The van der Waals surface area contributed by atoms with Crippen LogP contribution < -0.4 is 5.31 Å². The Hall–Kier alpha value is -2.49. The molecule has 0 heterocycles. The Kier molecular flexibility index (Phi) is 10.1. The molecule has 0 fully saturated rings. The molecule has 0 bridgehead atoms. The Morgan fingerprint density at radius 3 is 1.36 bits per heavy atom. The number of nitrogens with zero attached hydrogens (tertiary/aromatic N) is 4. The highest BCUT2D eigenvalue weighted by Crippen LogP contribution is 1.99. The SMILES string of the molecule is [2H]N(C)CC(=O)N(C)CC(=O)N(C)CC(=O)N(C)CC(=O)N(C)CC(=O)C(C)C. The first-order chi connectivity index (χ1) is 13.3. The van der Waals surface area contributed by atoms with Crippen molar-refractivity contribution in [2.24, 2.45) is 5.92 Å². The van der Waals surface area contributed by atoms with E-state index in [1.165, 1.54) is 54.8 Å². The van der Waals surface area contributed by atoms with E-state index in [-0.39, 0.29) is 50.3 Å². The van der Waals surface area contributed by atoms with Crippen molar-refractivity contribution in [1.29, 1.82) is 0 Å². The number of nitrogens with one attached hydrogen (secondary N) is 1. The van der Waals surface area contributed by atoms with Gasteiger partial charge in [-0.05, 0) is 7.05 Å². The molecule has 0 radical (unpaired) electrons. The quantitative estimate of drug-likeness (QED) is 0.441. The van der Waals surface area contributed by atoms with Gasteiger partial charge in [-0.1, -0.05) is 13.8 Å². The van der Waals surface area contributed by atoms with Crippen molar-refractivity contribution in [1.82, 2.24) is 24.9 Å². The Morgan fingerprint density at radius 1 is 0.714 bits per heavy atom. The largest absolute Gasteiger partial charge is 0.337 e. The van der Waals surface area contributed by atoms with Gasteiger partial charge in [0.25, 0.3) is 0 Å². The minimum absolute atomic E-state index is 0.0230. The molecule has 4 amide bonds. The molecule has 10 heteroatoms. The molecule has 0 aliphatic heterocycles. The second kappa shape index (κ2) is 12.1. The van der Waals surface area contributed by atoms with Crippen LogP contribution in [0.3, 0.4) is 0 Å². The van der Waals surface area contributed by atoms with Crippen molar-refractivity contribution in [3.63, 3.8) is 0 Å². The Morgan fingerprint density at radius 2 is 1.04 bits per heavy atom. The molecule has 0 aliphatic carbocycles. The summed E-state index contributed by atoms with van der Waals surface area (Å²) in [4.78, 5) is 65.0. The molecule has 0 rings (SSSR count). The number of carbonyl (C=O) groups excluding carboxylic acids is 5. The van der Waals surface area contributed by atoms with Crippen LogP contribution in [0.5, 0.6) is 0 Å². The van der Waals surface area contributed by atoms with Crippen LogP contribution in [0.25, 0.3) is 0 Å². The third-order valence-electron chi connectivity index (χ3n) is 4.15. The molecule has 0 aromatic rings. The lowest BCUT2D eigenvalue weighted by Crippen LogP contribution is -2.47. The van der Waals surface area contributed by atoms with Crippen molar-refractivity contribution >= 4 is 29.4 Å². The average molecular weight is 400 g/mol. The number of ketones is 1. The highest BCUT2D eigenvalue weighted by Gasteiger charge is 2.22. The molecule has 0 aromatic heterocycles. The van der Waals surface area contributed by atoms with Crippen molar-refractivity contribution in [3.05, 3.63) is 0 Å². The van der Waals surface area contributed by atoms with E-state index in [9.17, 15) is 24.0 Å². The first-order valence-electron chi connectivity index (χ1n) is 9.39. The second-order valence-electron chi connectivity index (χ2n) is 7.09. The standard InChI is InChI=1S/C18H33N5O5/c1-13(2)14(24)9-20(4)16(26)11-22(6)18(28)12-23(7)17(27)10-21(5)15(25)8-19-3/h13,19H,8-12H2,1-7H3/i/hD. The normalized spacial score (nSPS) is 11.1. The summed E-state index contributed by atoms with van der Waals surface area (Å²) in [6.45, 7) is 2.64. The third-order valence-corrected chi connectivity index (χ3v) is 4.15. The summed E-state index contributed by atoms with van der Waals surface area (Å²) < 4.78 is 7.24. The fourth-order valence-electron chi connectivity index (χ4n) is 2.00. The summed E-state index contributed by atoms with van der Waals surface area (Å²) in [6.07, 6.45) is 0. The first-order valence-corrected chi connectivity index (χ1v) is 8.94. The zero-order chi connectivity index (χ0) is 22.9. The number of rotatable bonds is 11. The third kappa shape index (κ3) is 8.94.